The molecule has 0 radical (unpaired) electrons. The molecule has 3 aromatic rings. The Morgan fingerprint density at radius 2 is 1.62 bits per heavy atom. The number of methoxy groups -OCH3 is 1. The average molecular weight is 525 g/mol. The number of carbonyl (C=O) groups is 2. The third-order valence-corrected chi connectivity index (χ3v) is 8.16. The maximum Gasteiger partial charge on any atom is 0.307 e. The Labute approximate surface area is 217 Å². The Bertz CT molecular complexity index is 1430. The first kappa shape index (κ1) is 26.4. The van der Waals surface area contributed by atoms with Crippen LogP contribution in [0, 0.1) is 0 Å². The number of benzene rings is 2. The van der Waals surface area contributed by atoms with Gasteiger partial charge in [-0.05, 0) is 37.1 Å². The van der Waals surface area contributed by atoms with Crippen molar-refractivity contribution in [3.8, 4) is 5.75 Å². The first-order valence-electron chi connectivity index (χ1n) is 12.2. The Hall–Kier alpha value is -3.63. The molecule has 0 saturated carbocycles. The number of ether oxygens (including phenoxy) is 1. The average Bonchev–Trinajstić information content (AvgIpc) is 3.06. The first-order chi connectivity index (χ1) is 17.7. The van der Waals surface area contributed by atoms with E-state index in [1.807, 2.05) is 0 Å². The van der Waals surface area contributed by atoms with Crippen LogP contribution in [0.4, 0.5) is 0 Å². The maximum absolute atomic E-state index is 13.7. The fourth-order valence-corrected chi connectivity index (χ4v) is 5.44. The quantitative estimate of drug-likeness (QED) is 0.477. The van der Waals surface area contributed by atoms with Crippen LogP contribution in [0.1, 0.15) is 41.6 Å². The van der Waals surface area contributed by atoms with Gasteiger partial charge in [0, 0.05) is 44.3 Å². The van der Waals surface area contributed by atoms with Gasteiger partial charge in [0.25, 0.3) is 11.8 Å². The summed E-state index contributed by atoms with van der Waals surface area (Å²) in [7, 11) is 0.579. The zero-order chi connectivity index (χ0) is 26.6. The third kappa shape index (κ3) is 5.55. The van der Waals surface area contributed by atoms with E-state index in [0.717, 1.165) is 30.0 Å². The predicted octanol–water partition coefficient (Wildman–Crippen LogP) is 3.48. The molecule has 37 heavy (non-hydrogen) atoms. The smallest absolute Gasteiger partial charge is 0.307 e. The van der Waals surface area contributed by atoms with Crippen molar-refractivity contribution in [2.45, 2.75) is 25.7 Å². The number of fused-ring (bicyclic) bond motifs is 1. The van der Waals surface area contributed by atoms with Crippen molar-refractivity contribution in [2.24, 2.45) is 0 Å². The van der Waals surface area contributed by atoms with Crippen molar-refractivity contribution < 1.29 is 22.7 Å². The van der Waals surface area contributed by atoms with Crippen molar-refractivity contribution in [1.29, 1.82) is 0 Å². The minimum absolute atomic E-state index is 0.0722. The van der Waals surface area contributed by atoms with E-state index in [1.165, 1.54) is 31.4 Å². The first-order valence-corrected chi connectivity index (χ1v) is 13.6. The molecular formula is C27H32N4O5S. The van der Waals surface area contributed by atoms with Crippen LogP contribution in [-0.4, -0.2) is 67.7 Å². The van der Waals surface area contributed by atoms with Crippen LogP contribution in [-0.2, 0) is 15.0 Å². The highest BCUT2D eigenvalue weighted by Crippen LogP contribution is 2.26. The Balaban J connectivity index is 1.82. The minimum atomic E-state index is -3.82. The molecule has 1 saturated heterocycles. The number of para-hydroxylation sites is 2. The normalized spacial score (nSPS) is 15.0. The zero-order valence-electron chi connectivity index (χ0n) is 21.3. The molecule has 0 atom stereocenters. The van der Waals surface area contributed by atoms with Gasteiger partial charge in [-0.3, -0.25) is 9.59 Å². The standard InChI is InChI=1S/C27H32N4O5S/c1-29(2)37(34,35)31-19-20(21-12-6-8-14-24(21)31)18-23(27(33)30-16-10-4-5-11-17-30)28-26(32)22-13-7-9-15-25(22)36-3/h6-9,12-15,18-19H,4-5,10-11,16-17H2,1-3H3,(H,28,32)/b23-18-. The van der Waals surface area contributed by atoms with Crippen molar-refractivity contribution in [2.75, 3.05) is 34.3 Å². The molecule has 4 rings (SSSR count). The van der Waals surface area contributed by atoms with Gasteiger partial charge in [0.2, 0.25) is 0 Å². The Morgan fingerprint density at radius 3 is 2.30 bits per heavy atom. The Morgan fingerprint density at radius 1 is 0.973 bits per heavy atom. The van der Waals surface area contributed by atoms with E-state index < -0.39 is 16.1 Å². The number of nitrogens with one attached hydrogen (secondary N) is 1. The van der Waals surface area contributed by atoms with Crippen LogP contribution in [0.2, 0.25) is 0 Å². The number of nitrogens with zero attached hydrogens (tertiary/aromatic N) is 3. The lowest BCUT2D eigenvalue weighted by Gasteiger charge is -2.22. The maximum atomic E-state index is 13.7. The van der Waals surface area contributed by atoms with Gasteiger partial charge in [-0.15, -0.1) is 0 Å². The molecule has 0 unspecified atom stereocenters. The van der Waals surface area contributed by atoms with Crippen molar-refractivity contribution >= 4 is 39.0 Å². The second kappa shape index (κ2) is 11.2. The summed E-state index contributed by atoms with van der Waals surface area (Å²) in [6, 6.07) is 13.8. The van der Waals surface area contributed by atoms with Gasteiger partial charge < -0.3 is 15.0 Å². The number of likely N-dealkylation sites (tertiary alicyclic amines) is 1. The lowest BCUT2D eigenvalue weighted by atomic mass is 10.1. The Kier molecular flexibility index (Phi) is 7.99. The van der Waals surface area contributed by atoms with Crippen LogP contribution in [0.15, 0.2) is 60.4 Å². The monoisotopic (exact) mass is 524 g/mol. The lowest BCUT2D eigenvalue weighted by Crippen LogP contribution is -2.39. The second-order valence-electron chi connectivity index (χ2n) is 9.11. The van der Waals surface area contributed by atoms with Crippen LogP contribution < -0.4 is 10.1 Å². The summed E-state index contributed by atoms with van der Waals surface area (Å²) in [5.74, 6) is -0.413. The molecule has 2 aromatic carbocycles. The fourth-order valence-electron chi connectivity index (χ4n) is 4.43. The summed E-state index contributed by atoms with van der Waals surface area (Å²) >= 11 is 0. The van der Waals surface area contributed by atoms with E-state index in [9.17, 15) is 18.0 Å². The number of hydrogen-bond donors (Lipinski definition) is 1. The second-order valence-corrected chi connectivity index (χ2v) is 11.1. The van der Waals surface area contributed by atoms with Gasteiger partial charge in [0.05, 0.1) is 18.2 Å². The molecule has 1 N–H and O–H groups in total. The highest BCUT2D eigenvalue weighted by Gasteiger charge is 2.25. The summed E-state index contributed by atoms with van der Waals surface area (Å²) in [5.41, 5.74) is 1.33. The van der Waals surface area contributed by atoms with Gasteiger partial charge in [0.1, 0.15) is 11.4 Å². The molecule has 0 aliphatic carbocycles. The lowest BCUT2D eigenvalue weighted by molar-refractivity contribution is -0.127. The number of amides is 2. The van der Waals surface area contributed by atoms with Crippen LogP contribution >= 0.6 is 0 Å². The van der Waals surface area contributed by atoms with Gasteiger partial charge in [-0.1, -0.05) is 43.2 Å². The zero-order valence-corrected chi connectivity index (χ0v) is 22.1. The van der Waals surface area contributed by atoms with Crippen LogP contribution in [0.5, 0.6) is 5.75 Å². The van der Waals surface area contributed by atoms with E-state index in [1.54, 1.807) is 59.5 Å². The molecule has 0 bridgehead atoms. The molecule has 2 heterocycles. The molecule has 1 aliphatic rings. The van der Waals surface area contributed by atoms with Crippen molar-refractivity contribution in [1.82, 2.24) is 18.5 Å². The summed E-state index contributed by atoms with van der Waals surface area (Å²) in [5, 5.41) is 3.43. The number of aromatic nitrogens is 1. The number of carbonyl (C=O) groups excluding carboxylic acids is 2. The minimum Gasteiger partial charge on any atom is -0.496 e. The summed E-state index contributed by atoms with van der Waals surface area (Å²) in [6.45, 7) is 1.19. The SMILES string of the molecule is COc1ccccc1C(=O)N/C(=C\c1cn(S(=O)(=O)N(C)C)c2ccccc12)C(=O)N1CCCCCC1. The van der Waals surface area contributed by atoms with Gasteiger partial charge in [0.15, 0.2) is 0 Å². The van der Waals surface area contributed by atoms with Gasteiger partial charge >= 0.3 is 10.2 Å². The molecule has 0 spiro atoms. The van der Waals surface area contributed by atoms with E-state index in [4.69, 9.17) is 4.74 Å². The third-order valence-electron chi connectivity index (χ3n) is 6.44. The molecule has 9 nitrogen and oxygen atoms in total. The number of hydrogen-bond acceptors (Lipinski definition) is 5. The van der Waals surface area contributed by atoms with Crippen molar-refractivity contribution in [3.63, 3.8) is 0 Å². The van der Waals surface area contributed by atoms with E-state index in [-0.39, 0.29) is 17.2 Å². The van der Waals surface area contributed by atoms with Crippen molar-refractivity contribution in [3.05, 3.63) is 71.6 Å². The predicted molar refractivity (Wildman–Crippen MR) is 143 cm³/mol. The largest absolute Gasteiger partial charge is 0.496 e. The van der Waals surface area contributed by atoms with Gasteiger partial charge in [-0.2, -0.15) is 12.7 Å². The van der Waals surface area contributed by atoms with E-state index in [2.05, 4.69) is 5.32 Å². The highest BCUT2D eigenvalue weighted by atomic mass is 32.2. The van der Waals surface area contributed by atoms with Crippen LogP contribution in [0.25, 0.3) is 17.0 Å². The number of rotatable bonds is 7. The molecule has 2 amide bonds. The molecule has 1 aromatic heterocycles. The fraction of sp³-hybridized carbons (Fsp3) is 0.333. The topological polar surface area (TPSA) is 101 Å². The van der Waals surface area contributed by atoms with Crippen LogP contribution in [0.3, 0.4) is 0 Å². The molecule has 1 aliphatic heterocycles. The summed E-state index contributed by atoms with van der Waals surface area (Å²) in [6.07, 6.45) is 6.91. The highest BCUT2D eigenvalue weighted by molar-refractivity contribution is 7.87. The molecule has 10 heteroatoms. The summed E-state index contributed by atoms with van der Waals surface area (Å²) in [4.78, 5) is 28.7. The van der Waals surface area contributed by atoms with E-state index >= 15 is 0 Å². The van der Waals surface area contributed by atoms with Gasteiger partial charge in [-0.25, -0.2) is 3.97 Å². The molecule has 196 valence electrons. The summed E-state index contributed by atoms with van der Waals surface area (Å²) < 4.78 is 33.7. The molecule has 1 fully saturated rings. The molecular weight excluding hydrogens is 492 g/mol. The van der Waals surface area contributed by atoms with E-state index in [0.29, 0.717) is 35.3 Å².